The molecule has 0 bridgehead atoms. The third-order valence-corrected chi connectivity index (χ3v) is 2.53. The van der Waals surface area contributed by atoms with Gasteiger partial charge in [-0.1, -0.05) is 24.3 Å². The van der Waals surface area contributed by atoms with Gasteiger partial charge in [-0.3, -0.25) is 4.98 Å². The third kappa shape index (κ3) is 1.89. The van der Waals surface area contributed by atoms with Gasteiger partial charge in [0.15, 0.2) is 0 Å². The summed E-state index contributed by atoms with van der Waals surface area (Å²) < 4.78 is 5.17. The zero-order chi connectivity index (χ0) is 11.5. The molecule has 16 heavy (non-hydrogen) atoms. The number of aryl methyl sites for hydroxylation is 2. The van der Waals surface area contributed by atoms with Crippen molar-refractivity contribution < 1.29 is 4.74 Å². The van der Waals surface area contributed by atoms with E-state index < -0.39 is 0 Å². The Bertz CT molecular complexity index is 509. The molecule has 2 aromatic rings. The number of nitrogens with zero attached hydrogens (tertiary/aromatic N) is 2. The Morgan fingerprint density at radius 1 is 1.12 bits per heavy atom. The molecule has 3 nitrogen and oxygen atoms in total. The lowest BCUT2D eigenvalue weighted by molar-refractivity contribution is 0.392. The van der Waals surface area contributed by atoms with Crippen LogP contribution in [-0.2, 0) is 0 Å². The average molecular weight is 214 g/mol. The van der Waals surface area contributed by atoms with E-state index in [0.29, 0.717) is 5.88 Å². The molecule has 0 radical (unpaired) electrons. The summed E-state index contributed by atoms with van der Waals surface area (Å²) in [6.07, 6.45) is 1.78. The van der Waals surface area contributed by atoms with E-state index in [4.69, 9.17) is 4.74 Å². The van der Waals surface area contributed by atoms with Crippen LogP contribution < -0.4 is 4.74 Å². The van der Waals surface area contributed by atoms with Gasteiger partial charge in [0.2, 0.25) is 5.88 Å². The van der Waals surface area contributed by atoms with Gasteiger partial charge in [0.25, 0.3) is 0 Å². The Morgan fingerprint density at radius 2 is 1.88 bits per heavy atom. The van der Waals surface area contributed by atoms with Gasteiger partial charge in [-0.05, 0) is 19.4 Å². The van der Waals surface area contributed by atoms with E-state index in [9.17, 15) is 0 Å². The van der Waals surface area contributed by atoms with Crippen molar-refractivity contribution in [3.8, 4) is 17.1 Å². The number of methoxy groups -OCH3 is 1. The Kier molecular flexibility index (Phi) is 2.86. The van der Waals surface area contributed by atoms with Crippen LogP contribution in [0.25, 0.3) is 11.3 Å². The van der Waals surface area contributed by atoms with Crippen LogP contribution in [0.5, 0.6) is 5.88 Å². The summed E-state index contributed by atoms with van der Waals surface area (Å²) in [5.41, 5.74) is 3.93. The lowest BCUT2D eigenvalue weighted by atomic mass is 10.1. The predicted octanol–water partition coefficient (Wildman–Crippen LogP) is 2.77. The number of aromatic nitrogens is 2. The van der Waals surface area contributed by atoms with Crippen LogP contribution in [0.1, 0.15) is 11.3 Å². The van der Waals surface area contributed by atoms with Gasteiger partial charge in [-0.25, -0.2) is 4.98 Å². The summed E-state index contributed by atoms with van der Waals surface area (Å²) in [5.74, 6) is 0.584. The number of hydrogen-bond donors (Lipinski definition) is 0. The second kappa shape index (κ2) is 4.31. The molecule has 0 N–H and O–H groups in total. The fraction of sp³-hybridized carbons (Fsp3) is 0.231. The van der Waals surface area contributed by atoms with Gasteiger partial charge in [0.05, 0.1) is 24.7 Å². The number of hydrogen-bond acceptors (Lipinski definition) is 3. The maximum absolute atomic E-state index is 5.17. The molecule has 0 saturated heterocycles. The van der Waals surface area contributed by atoms with Crippen molar-refractivity contribution in [3.63, 3.8) is 0 Å². The molecule has 1 heterocycles. The van der Waals surface area contributed by atoms with E-state index >= 15 is 0 Å². The molecule has 0 spiro atoms. The van der Waals surface area contributed by atoms with Crippen LogP contribution in [0.4, 0.5) is 0 Å². The first-order chi connectivity index (χ1) is 7.72. The van der Waals surface area contributed by atoms with E-state index in [1.54, 1.807) is 13.3 Å². The van der Waals surface area contributed by atoms with Crippen LogP contribution in [0.3, 0.4) is 0 Å². The molecule has 3 heteroatoms. The zero-order valence-corrected chi connectivity index (χ0v) is 9.69. The summed E-state index contributed by atoms with van der Waals surface area (Å²) in [6, 6.07) is 8.10. The molecule has 0 aliphatic rings. The van der Waals surface area contributed by atoms with Gasteiger partial charge < -0.3 is 4.74 Å². The smallest absolute Gasteiger partial charge is 0.235 e. The van der Waals surface area contributed by atoms with Gasteiger partial charge in [-0.2, -0.15) is 0 Å². The Balaban J connectivity index is 2.53. The van der Waals surface area contributed by atoms with Crippen molar-refractivity contribution in [2.24, 2.45) is 0 Å². The molecule has 0 saturated carbocycles. The average Bonchev–Trinajstić information content (AvgIpc) is 2.31. The molecule has 82 valence electrons. The molecular formula is C13H14N2O. The zero-order valence-electron chi connectivity index (χ0n) is 9.69. The molecule has 0 amide bonds. The Morgan fingerprint density at radius 3 is 2.56 bits per heavy atom. The largest absolute Gasteiger partial charge is 0.480 e. The molecule has 2 rings (SSSR count). The quantitative estimate of drug-likeness (QED) is 0.771. The van der Waals surface area contributed by atoms with Crippen LogP contribution in [0, 0.1) is 13.8 Å². The minimum atomic E-state index is 0.584. The standard InChI is InChI=1S/C13H14N2O/c1-9-6-4-5-7-11(9)12-8-14-10(2)13(15-12)16-3/h4-8H,1-3H3. The van der Waals surface area contributed by atoms with Crippen molar-refractivity contribution >= 4 is 0 Å². The van der Waals surface area contributed by atoms with E-state index in [-0.39, 0.29) is 0 Å². The number of ether oxygens (including phenoxy) is 1. The summed E-state index contributed by atoms with van der Waals surface area (Å²) >= 11 is 0. The Labute approximate surface area is 95.1 Å². The van der Waals surface area contributed by atoms with Crippen molar-refractivity contribution in [1.29, 1.82) is 0 Å². The highest BCUT2D eigenvalue weighted by Gasteiger charge is 2.07. The molecule has 1 aromatic carbocycles. The molecular weight excluding hydrogens is 200 g/mol. The second-order valence-electron chi connectivity index (χ2n) is 3.66. The lowest BCUT2D eigenvalue weighted by Crippen LogP contribution is -1.96. The topological polar surface area (TPSA) is 35.0 Å². The molecule has 0 atom stereocenters. The van der Waals surface area contributed by atoms with E-state index in [0.717, 1.165) is 17.0 Å². The van der Waals surface area contributed by atoms with Crippen molar-refractivity contribution in [2.45, 2.75) is 13.8 Å². The van der Waals surface area contributed by atoms with Crippen LogP contribution >= 0.6 is 0 Å². The first kappa shape index (κ1) is 10.6. The van der Waals surface area contributed by atoms with E-state index in [1.807, 2.05) is 25.1 Å². The first-order valence-corrected chi connectivity index (χ1v) is 5.16. The lowest BCUT2D eigenvalue weighted by Gasteiger charge is -2.07. The van der Waals surface area contributed by atoms with Crippen LogP contribution in [0.15, 0.2) is 30.5 Å². The van der Waals surface area contributed by atoms with Crippen molar-refractivity contribution in [3.05, 3.63) is 41.7 Å². The highest BCUT2D eigenvalue weighted by atomic mass is 16.5. The Hall–Kier alpha value is -1.90. The fourth-order valence-corrected chi connectivity index (χ4v) is 1.62. The molecule has 0 fully saturated rings. The maximum atomic E-state index is 5.17. The van der Waals surface area contributed by atoms with E-state index in [1.165, 1.54) is 5.56 Å². The van der Waals surface area contributed by atoms with Gasteiger partial charge in [0.1, 0.15) is 0 Å². The van der Waals surface area contributed by atoms with Gasteiger partial charge in [-0.15, -0.1) is 0 Å². The number of benzene rings is 1. The highest BCUT2D eigenvalue weighted by molar-refractivity contribution is 5.62. The van der Waals surface area contributed by atoms with Crippen molar-refractivity contribution in [1.82, 2.24) is 9.97 Å². The minimum Gasteiger partial charge on any atom is -0.480 e. The summed E-state index contributed by atoms with van der Waals surface area (Å²) in [4.78, 5) is 8.72. The fourth-order valence-electron chi connectivity index (χ4n) is 1.62. The van der Waals surface area contributed by atoms with Gasteiger partial charge >= 0.3 is 0 Å². The molecule has 0 aliphatic carbocycles. The second-order valence-corrected chi connectivity index (χ2v) is 3.66. The monoisotopic (exact) mass is 214 g/mol. The SMILES string of the molecule is COc1nc(-c2ccccc2C)cnc1C. The van der Waals surface area contributed by atoms with Crippen molar-refractivity contribution in [2.75, 3.05) is 7.11 Å². The molecule has 0 aliphatic heterocycles. The number of rotatable bonds is 2. The summed E-state index contributed by atoms with van der Waals surface area (Å²) in [6.45, 7) is 3.94. The van der Waals surface area contributed by atoms with Crippen LogP contribution in [-0.4, -0.2) is 17.1 Å². The normalized spacial score (nSPS) is 10.2. The first-order valence-electron chi connectivity index (χ1n) is 5.16. The maximum Gasteiger partial charge on any atom is 0.235 e. The summed E-state index contributed by atoms with van der Waals surface area (Å²) in [5, 5.41) is 0. The predicted molar refractivity (Wildman–Crippen MR) is 63.5 cm³/mol. The highest BCUT2D eigenvalue weighted by Crippen LogP contribution is 2.23. The molecule has 0 unspecified atom stereocenters. The summed E-state index contributed by atoms with van der Waals surface area (Å²) in [7, 11) is 1.61. The minimum absolute atomic E-state index is 0.584. The van der Waals surface area contributed by atoms with Crippen LogP contribution in [0.2, 0.25) is 0 Å². The van der Waals surface area contributed by atoms with E-state index in [2.05, 4.69) is 23.0 Å². The third-order valence-electron chi connectivity index (χ3n) is 2.53. The molecule has 1 aromatic heterocycles. The van der Waals surface area contributed by atoms with Gasteiger partial charge in [0, 0.05) is 5.56 Å².